The Labute approximate surface area is 65.3 Å². The summed E-state index contributed by atoms with van der Waals surface area (Å²) in [6.45, 7) is 0. The van der Waals surface area contributed by atoms with Crippen LogP contribution in [0.2, 0.25) is 0 Å². The summed E-state index contributed by atoms with van der Waals surface area (Å²) in [5, 5.41) is 0. The van der Waals surface area contributed by atoms with Gasteiger partial charge in [0, 0.05) is 0 Å². The predicted octanol–water partition coefficient (Wildman–Crippen LogP) is -1.66. The Kier molecular flexibility index (Phi) is 25.0. The molecular formula is H2Li2NbO3. The van der Waals surface area contributed by atoms with Gasteiger partial charge in [0.15, 0.2) is 0 Å². The molecule has 6 heteroatoms. The third-order valence-electron chi connectivity index (χ3n) is 0. The van der Waals surface area contributed by atoms with E-state index < -0.39 is 18.4 Å². The van der Waals surface area contributed by atoms with Gasteiger partial charge in [0.1, 0.15) is 0 Å². The molecule has 0 amide bonds. The van der Waals surface area contributed by atoms with Gasteiger partial charge in [-0.15, -0.1) is 0 Å². The molecule has 0 aliphatic heterocycles. The number of hydrogen-bond donors (Lipinski definition) is 0. The van der Waals surface area contributed by atoms with Gasteiger partial charge in [0.05, 0.1) is 0 Å². The van der Waals surface area contributed by atoms with Crippen LogP contribution in [0.5, 0.6) is 0 Å². The minimum atomic E-state index is -4.20. The van der Waals surface area contributed by atoms with E-state index in [-0.39, 0.29) is 37.7 Å². The molecule has 0 rings (SSSR count). The van der Waals surface area contributed by atoms with Crippen LogP contribution in [0, 0.1) is 0 Å². The number of hydrogen-bond acceptors (Lipinski definition) is 3. The first kappa shape index (κ1) is 15.7. The van der Waals surface area contributed by atoms with E-state index in [9.17, 15) is 0 Å². The van der Waals surface area contributed by atoms with Gasteiger partial charge >= 0.3 is 65.8 Å². The molecule has 0 heterocycles. The van der Waals surface area contributed by atoms with Gasteiger partial charge < -0.3 is 0 Å². The average Bonchev–Trinajstić information content (AvgIpc) is 0.811. The van der Waals surface area contributed by atoms with Crippen molar-refractivity contribution in [1.82, 2.24) is 0 Å². The van der Waals surface area contributed by atoms with E-state index >= 15 is 0 Å². The Bertz CT molecular complexity index is 78.2. The molecule has 0 aromatic heterocycles. The topological polar surface area (TPSA) is 51.2 Å². The predicted molar refractivity (Wildman–Crippen MR) is 16.4 cm³/mol. The Balaban J connectivity index is -0.0000000450. The Hall–Kier alpha value is 1.34. The van der Waals surface area contributed by atoms with Crippen LogP contribution < -0.4 is 0 Å². The molecule has 0 N–H and O–H groups in total. The van der Waals surface area contributed by atoms with Crippen LogP contribution in [-0.4, -0.2) is 37.7 Å². The summed E-state index contributed by atoms with van der Waals surface area (Å²) >= 11 is -4.20. The van der Waals surface area contributed by atoms with Crippen molar-refractivity contribution in [1.29, 1.82) is 0 Å². The zero-order valence-corrected chi connectivity index (χ0v) is 3.87. The Morgan fingerprint density at radius 2 is 0.833 bits per heavy atom. The van der Waals surface area contributed by atoms with Crippen LogP contribution in [0.1, 0.15) is 0 Å². The monoisotopic (exact) mass is 157 g/mol. The van der Waals surface area contributed by atoms with Crippen molar-refractivity contribution in [3.05, 3.63) is 0 Å². The fourth-order valence-corrected chi connectivity index (χ4v) is 0. The third-order valence-corrected chi connectivity index (χ3v) is 0. The molecular weight excluding hydrogens is 155 g/mol. The molecule has 0 unspecified atom stereocenters. The zero-order chi connectivity index (χ0) is 3.58. The van der Waals surface area contributed by atoms with Gasteiger partial charge in [-0.05, 0) is 0 Å². The van der Waals surface area contributed by atoms with E-state index in [1.54, 1.807) is 0 Å². The fourth-order valence-electron chi connectivity index (χ4n) is 0. The van der Waals surface area contributed by atoms with E-state index in [0.29, 0.717) is 0 Å². The summed E-state index contributed by atoms with van der Waals surface area (Å²) in [4.78, 5) is 0. The van der Waals surface area contributed by atoms with Crippen molar-refractivity contribution in [3.63, 3.8) is 0 Å². The standard InChI is InChI=1S/2Li.Nb.3O.2H. The molecule has 0 aliphatic carbocycles. The molecule has 0 saturated heterocycles. The Morgan fingerprint density at radius 3 is 0.833 bits per heavy atom. The summed E-state index contributed by atoms with van der Waals surface area (Å²) in [7, 11) is 0. The summed E-state index contributed by atoms with van der Waals surface area (Å²) in [5.41, 5.74) is 0. The first-order chi connectivity index (χ1) is 1.73. The SMILES string of the molecule is [LiH].[LiH].[O]=[Nb](=[O])=[O]. The number of rotatable bonds is 0. The zero-order valence-electron chi connectivity index (χ0n) is 1.67. The molecule has 0 spiro atoms. The van der Waals surface area contributed by atoms with Crippen molar-refractivity contribution in [2.45, 2.75) is 0 Å². The van der Waals surface area contributed by atoms with Gasteiger partial charge in [-0.3, -0.25) is 0 Å². The quantitative estimate of drug-likeness (QED) is 0.395. The van der Waals surface area contributed by atoms with Crippen LogP contribution in [0.4, 0.5) is 0 Å². The molecule has 0 fully saturated rings. The molecule has 27 valence electrons. The summed E-state index contributed by atoms with van der Waals surface area (Å²) < 4.78 is 25.8. The van der Waals surface area contributed by atoms with E-state index in [2.05, 4.69) is 0 Å². The average molecular weight is 157 g/mol. The second-order valence-corrected chi connectivity index (χ2v) is 1.32. The van der Waals surface area contributed by atoms with Gasteiger partial charge in [0.25, 0.3) is 0 Å². The van der Waals surface area contributed by atoms with Crippen molar-refractivity contribution in [2.75, 3.05) is 0 Å². The van der Waals surface area contributed by atoms with E-state index in [1.807, 2.05) is 0 Å². The van der Waals surface area contributed by atoms with Gasteiger partial charge in [-0.2, -0.15) is 0 Å². The van der Waals surface area contributed by atoms with Gasteiger partial charge in [-0.25, -0.2) is 0 Å². The molecule has 0 radical (unpaired) electrons. The van der Waals surface area contributed by atoms with Crippen molar-refractivity contribution in [2.24, 2.45) is 0 Å². The van der Waals surface area contributed by atoms with E-state index in [4.69, 9.17) is 9.75 Å². The van der Waals surface area contributed by atoms with Gasteiger partial charge in [0.2, 0.25) is 0 Å². The van der Waals surface area contributed by atoms with Gasteiger partial charge in [-0.1, -0.05) is 0 Å². The van der Waals surface area contributed by atoms with Crippen molar-refractivity contribution >= 4 is 37.7 Å². The molecule has 0 atom stereocenters. The molecule has 0 aromatic rings. The van der Waals surface area contributed by atoms with Crippen molar-refractivity contribution in [3.8, 4) is 0 Å². The van der Waals surface area contributed by atoms with Crippen LogP contribution in [-0.2, 0) is 28.1 Å². The van der Waals surface area contributed by atoms with E-state index in [1.165, 1.54) is 0 Å². The van der Waals surface area contributed by atoms with Crippen LogP contribution in [0.15, 0.2) is 0 Å². The first-order valence-corrected chi connectivity index (χ1v) is 3.24. The molecule has 0 aromatic carbocycles. The first-order valence-electron chi connectivity index (χ1n) is 0.548. The summed E-state index contributed by atoms with van der Waals surface area (Å²) in [6, 6.07) is 0. The maximum atomic E-state index is 8.60. The molecule has 0 bridgehead atoms. The summed E-state index contributed by atoms with van der Waals surface area (Å²) in [5.74, 6) is 0. The third kappa shape index (κ3) is 56.3. The van der Waals surface area contributed by atoms with E-state index in [0.717, 1.165) is 0 Å². The van der Waals surface area contributed by atoms with Crippen LogP contribution in [0.3, 0.4) is 0 Å². The summed E-state index contributed by atoms with van der Waals surface area (Å²) in [6.07, 6.45) is 0. The molecule has 0 saturated carbocycles. The molecule has 6 heavy (non-hydrogen) atoms. The van der Waals surface area contributed by atoms with Crippen LogP contribution in [0.25, 0.3) is 0 Å². The normalized spacial score (nSPS) is 4.00. The molecule has 3 nitrogen and oxygen atoms in total. The van der Waals surface area contributed by atoms with Crippen LogP contribution >= 0.6 is 0 Å². The Morgan fingerprint density at radius 1 is 0.833 bits per heavy atom. The fraction of sp³-hybridized carbons (Fsp3) is 0. The minimum absolute atomic E-state index is 0. The second kappa shape index (κ2) is 9.59. The molecule has 0 aliphatic rings. The van der Waals surface area contributed by atoms with Crippen molar-refractivity contribution < 1.29 is 28.1 Å². The maximum absolute atomic E-state index is 8.60. The second-order valence-electron chi connectivity index (χ2n) is 0.224.